The minimum Gasteiger partial charge on any atom is -0.396 e. The van der Waals surface area contributed by atoms with Gasteiger partial charge in [0, 0.05) is 18.8 Å². The van der Waals surface area contributed by atoms with E-state index in [2.05, 4.69) is 5.32 Å². The lowest BCUT2D eigenvalue weighted by Gasteiger charge is -2.16. The largest absolute Gasteiger partial charge is 0.396 e. The molecule has 0 saturated carbocycles. The van der Waals surface area contributed by atoms with Crippen molar-refractivity contribution >= 4 is 17.5 Å². The lowest BCUT2D eigenvalue weighted by molar-refractivity contribution is -0.138. The fourth-order valence-electron chi connectivity index (χ4n) is 3.01. The van der Waals surface area contributed by atoms with Crippen LogP contribution in [0.3, 0.4) is 0 Å². The van der Waals surface area contributed by atoms with Gasteiger partial charge in [0.15, 0.2) is 0 Å². The summed E-state index contributed by atoms with van der Waals surface area (Å²) in [7, 11) is 0. The van der Waals surface area contributed by atoms with Gasteiger partial charge in [-0.05, 0) is 36.1 Å². The van der Waals surface area contributed by atoms with Crippen molar-refractivity contribution in [3.63, 3.8) is 0 Å². The van der Waals surface area contributed by atoms with Gasteiger partial charge in [-0.15, -0.1) is 0 Å². The Morgan fingerprint density at radius 2 is 1.64 bits per heavy atom. The number of benzene rings is 2. The third-order valence-electron chi connectivity index (χ3n) is 4.41. The molecule has 5 heteroatoms. The van der Waals surface area contributed by atoms with E-state index in [9.17, 15) is 9.59 Å². The van der Waals surface area contributed by atoms with Crippen LogP contribution in [0.1, 0.15) is 17.5 Å². The van der Waals surface area contributed by atoms with Crippen molar-refractivity contribution in [2.24, 2.45) is 0 Å². The smallest absolute Gasteiger partial charge is 0.252 e. The monoisotopic (exact) mass is 338 g/mol. The van der Waals surface area contributed by atoms with Gasteiger partial charge in [-0.2, -0.15) is 0 Å². The summed E-state index contributed by atoms with van der Waals surface area (Å²) in [6, 6.07) is 16.9. The molecule has 2 aromatic carbocycles. The zero-order chi connectivity index (χ0) is 17.6. The van der Waals surface area contributed by atoms with E-state index >= 15 is 0 Å². The third-order valence-corrected chi connectivity index (χ3v) is 4.41. The Bertz CT molecular complexity index is 728. The van der Waals surface area contributed by atoms with E-state index in [1.165, 1.54) is 4.90 Å². The standard InChI is InChI=1S/C20H22N2O3/c23-13-11-16-6-8-17(9-7-16)21-18-14-19(24)22(20(18)25)12-10-15-4-2-1-3-5-15/h1-9,18,21,23H,10-14H2. The molecule has 0 aromatic heterocycles. The number of rotatable bonds is 7. The summed E-state index contributed by atoms with van der Waals surface area (Å²) in [4.78, 5) is 26.1. The number of nitrogens with zero attached hydrogens (tertiary/aromatic N) is 1. The Kier molecular flexibility index (Phi) is 5.46. The van der Waals surface area contributed by atoms with Crippen LogP contribution in [-0.2, 0) is 22.4 Å². The summed E-state index contributed by atoms with van der Waals surface area (Å²) in [5.74, 6) is -0.296. The summed E-state index contributed by atoms with van der Waals surface area (Å²) < 4.78 is 0. The maximum absolute atomic E-state index is 12.5. The number of anilines is 1. The normalized spacial score (nSPS) is 17.2. The van der Waals surface area contributed by atoms with Crippen molar-refractivity contribution in [1.82, 2.24) is 4.90 Å². The number of hydrogen-bond donors (Lipinski definition) is 2. The van der Waals surface area contributed by atoms with E-state index in [4.69, 9.17) is 5.11 Å². The van der Waals surface area contributed by atoms with Crippen molar-refractivity contribution in [1.29, 1.82) is 0 Å². The SMILES string of the molecule is O=C1CC(Nc2ccc(CCO)cc2)C(=O)N1CCc1ccccc1. The van der Waals surface area contributed by atoms with Crippen molar-refractivity contribution in [2.75, 3.05) is 18.5 Å². The van der Waals surface area contributed by atoms with Crippen LogP contribution in [0.15, 0.2) is 54.6 Å². The van der Waals surface area contributed by atoms with Crippen molar-refractivity contribution in [2.45, 2.75) is 25.3 Å². The van der Waals surface area contributed by atoms with Gasteiger partial charge in [0.1, 0.15) is 6.04 Å². The Hall–Kier alpha value is -2.66. The number of imide groups is 1. The van der Waals surface area contributed by atoms with Crippen LogP contribution in [0, 0.1) is 0 Å². The molecule has 1 saturated heterocycles. The lowest BCUT2D eigenvalue weighted by atomic mass is 10.1. The van der Waals surface area contributed by atoms with Gasteiger partial charge in [0.05, 0.1) is 6.42 Å². The van der Waals surface area contributed by atoms with E-state index in [1.807, 2.05) is 54.6 Å². The van der Waals surface area contributed by atoms with Gasteiger partial charge in [-0.1, -0.05) is 42.5 Å². The van der Waals surface area contributed by atoms with Gasteiger partial charge >= 0.3 is 0 Å². The van der Waals surface area contributed by atoms with Crippen LogP contribution in [0.2, 0.25) is 0 Å². The maximum atomic E-state index is 12.5. The van der Waals surface area contributed by atoms with Crippen molar-refractivity contribution in [3.8, 4) is 0 Å². The quantitative estimate of drug-likeness (QED) is 0.758. The number of aliphatic hydroxyl groups is 1. The zero-order valence-electron chi connectivity index (χ0n) is 14.0. The molecule has 2 N–H and O–H groups in total. The highest BCUT2D eigenvalue weighted by Gasteiger charge is 2.38. The zero-order valence-corrected chi connectivity index (χ0v) is 14.0. The summed E-state index contributed by atoms with van der Waals surface area (Å²) in [5, 5.41) is 12.1. The summed E-state index contributed by atoms with van der Waals surface area (Å²) in [6.07, 6.45) is 1.46. The van der Waals surface area contributed by atoms with Crippen molar-refractivity contribution < 1.29 is 14.7 Å². The van der Waals surface area contributed by atoms with Gasteiger partial charge in [0.25, 0.3) is 5.91 Å². The summed E-state index contributed by atoms with van der Waals surface area (Å²) in [5.41, 5.74) is 2.95. The molecule has 0 bridgehead atoms. The molecule has 2 amide bonds. The van der Waals surface area contributed by atoms with E-state index in [0.29, 0.717) is 19.4 Å². The molecule has 1 aliphatic heterocycles. The van der Waals surface area contributed by atoms with Crippen LogP contribution < -0.4 is 5.32 Å². The molecule has 3 rings (SSSR count). The number of nitrogens with one attached hydrogen (secondary N) is 1. The molecule has 0 radical (unpaired) electrons. The van der Waals surface area contributed by atoms with E-state index in [0.717, 1.165) is 16.8 Å². The molecule has 1 aliphatic rings. The first-order valence-corrected chi connectivity index (χ1v) is 8.52. The molecule has 2 aromatic rings. The first-order chi connectivity index (χ1) is 12.2. The van der Waals surface area contributed by atoms with Crippen LogP contribution in [0.4, 0.5) is 5.69 Å². The molecule has 130 valence electrons. The number of hydrogen-bond acceptors (Lipinski definition) is 4. The first-order valence-electron chi connectivity index (χ1n) is 8.52. The molecule has 0 aliphatic carbocycles. The summed E-state index contributed by atoms with van der Waals surface area (Å²) >= 11 is 0. The number of aliphatic hydroxyl groups excluding tert-OH is 1. The molecule has 5 nitrogen and oxygen atoms in total. The predicted molar refractivity (Wildman–Crippen MR) is 96.1 cm³/mol. The molecule has 1 fully saturated rings. The fraction of sp³-hybridized carbons (Fsp3) is 0.300. The van der Waals surface area contributed by atoms with E-state index in [1.54, 1.807) is 0 Å². The van der Waals surface area contributed by atoms with E-state index in [-0.39, 0.29) is 24.8 Å². The lowest BCUT2D eigenvalue weighted by Crippen LogP contribution is -2.36. The highest BCUT2D eigenvalue weighted by atomic mass is 16.3. The van der Waals surface area contributed by atoms with Crippen LogP contribution >= 0.6 is 0 Å². The average Bonchev–Trinajstić information content (AvgIpc) is 2.89. The predicted octanol–water partition coefficient (Wildman–Crippen LogP) is 2.00. The van der Waals surface area contributed by atoms with Crippen LogP contribution in [-0.4, -0.2) is 41.0 Å². The van der Waals surface area contributed by atoms with Gasteiger partial charge in [-0.25, -0.2) is 0 Å². The molecule has 1 heterocycles. The highest BCUT2D eigenvalue weighted by molar-refractivity contribution is 6.06. The van der Waals surface area contributed by atoms with Gasteiger partial charge < -0.3 is 10.4 Å². The Labute approximate surface area is 147 Å². The second kappa shape index (κ2) is 7.94. The molecular weight excluding hydrogens is 316 g/mol. The minimum atomic E-state index is -0.507. The fourth-order valence-corrected chi connectivity index (χ4v) is 3.01. The third kappa shape index (κ3) is 4.25. The van der Waals surface area contributed by atoms with E-state index < -0.39 is 6.04 Å². The van der Waals surface area contributed by atoms with Crippen LogP contribution in [0.25, 0.3) is 0 Å². The number of amides is 2. The highest BCUT2D eigenvalue weighted by Crippen LogP contribution is 2.19. The second-order valence-electron chi connectivity index (χ2n) is 6.19. The maximum Gasteiger partial charge on any atom is 0.252 e. The first kappa shape index (κ1) is 17.2. The molecule has 1 unspecified atom stereocenters. The Morgan fingerprint density at radius 1 is 0.960 bits per heavy atom. The number of likely N-dealkylation sites (tertiary alicyclic amines) is 1. The average molecular weight is 338 g/mol. The number of carbonyl (C=O) groups is 2. The van der Waals surface area contributed by atoms with Crippen molar-refractivity contribution in [3.05, 3.63) is 65.7 Å². The van der Waals surface area contributed by atoms with Crippen LogP contribution in [0.5, 0.6) is 0 Å². The Morgan fingerprint density at radius 3 is 2.32 bits per heavy atom. The molecule has 25 heavy (non-hydrogen) atoms. The summed E-state index contributed by atoms with van der Waals surface area (Å²) in [6.45, 7) is 0.522. The second-order valence-corrected chi connectivity index (χ2v) is 6.19. The molecule has 1 atom stereocenters. The topological polar surface area (TPSA) is 69.6 Å². The Balaban J connectivity index is 1.58. The minimum absolute atomic E-state index is 0.110. The number of carbonyl (C=O) groups excluding carboxylic acids is 2. The van der Waals surface area contributed by atoms with Gasteiger partial charge in [0.2, 0.25) is 5.91 Å². The van der Waals surface area contributed by atoms with Gasteiger partial charge in [-0.3, -0.25) is 14.5 Å². The molecular formula is C20H22N2O3. The molecule has 0 spiro atoms.